The molecule has 1 saturated heterocycles. The Morgan fingerprint density at radius 1 is 1.44 bits per heavy atom. The number of carbonyl (C=O) groups is 1. The molecular weight excluding hydrogens is 224 g/mol. The van der Waals surface area contributed by atoms with Crippen LogP contribution in [-0.2, 0) is 11.2 Å². The van der Waals surface area contributed by atoms with E-state index in [1.807, 2.05) is 12.1 Å². The molecule has 1 aromatic carbocycles. The zero-order chi connectivity index (χ0) is 13.0. The summed E-state index contributed by atoms with van der Waals surface area (Å²) in [5.74, 6) is 0.764. The zero-order valence-electron chi connectivity index (χ0n) is 11.3. The van der Waals surface area contributed by atoms with E-state index in [0.29, 0.717) is 18.3 Å². The number of ketones is 1. The molecule has 1 aliphatic rings. The molecule has 1 aromatic rings. The van der Waals surface area contributed by atoms with Crippen LogP contribution >= 0.6 is 0 Å². The Hall–Kier alpha value is -1.15. The van der Waals surface area contributed by atoms with Gasteiger partial charge in [-0.2, -0.15) is 0 Å². The van der Waals surface area contributed by atoms with E-state index >= 15 is 0 Å². The summed E-state index contributed by atoms with van der Waals surface area (Å²) >= 11 is 0. The van der Waals surface area contributed by atoms with E-state index in [-0.39, 0.29) is 5.92 Å². The summed E-state index contributed by atoms with van der Waals surface area (Å²) in [7, 11) is 0. The fourth-order valence-electron chi connectivity index (χ4n) is 2.65. The summed E-state index contributed by atoms with van der Waals surface area (Å²) in [6, 6.07) is 8.12. The lowest BCUT2D eigenvalue weighted by Crippen LogP contribution is -2.31. The highest BCUT2D eigenvalue weighted by Crippen LogP contribution is 2.25. The number of benzene rings is 1. The van der Waals surface area contributed by atoms with Gasteiger partial charge in [0.1, 0.15) is 0 Å². The third-order valence-corrected chi connectivity index (χ3v) is 3.73. The molecule has 1 aliphatic heterocycles. The maximum Gasteiger partial charge on any atom is 0.166 e. The van der Waals surface area contributed by atoms with Gasteiger partial charge in [0.05, 0.1) is 0 Å². The molecule has 0 radical (unpaired) electrons. The summed E-state index contributed by atoms with van der Waals surface area (Å²) in [4.78, 5) is 12.5. The maximum atomic E-state index is 12.5. The number of Topliss-reactive ketones (excluding diaryl/α,β-unsaturated/α-hetero) is 1. The first kappa shape index (κ1) is 13.3. The van der Waals surface area contributed by atoms with Gasteiger partial charge in [-0.25, -0.2) is 0 Å². The summed E-state index contributed by atoms with van der Waals surface area (Å²) in [5.41, 5.74) is 2.14. The minimum Gasteiger partial charge on any atom is -0.381 e. The van der Waals surface area contributed by atoms with Gasteiger partial charge in [-0.05, 0) is 30.4 Å². The highest BCUT2D eigenvalue weighted by Gasteiger charge is 2.28. The Morgan fingerprint density at radius 3 is 3.00 bits per heavy atom. The van der Waals surface area contributed by atoms with Gasteiger partial charge in [0.2, 0.25) is 0 Å². The number of aryl methyl sites for hydroxylation is 1. The Labute approximate surface area is 109 Å². The average molecular weight is 246 g/mol. The van der Waals surface area contributed by atoms with Gasteiger partial charge in [-0.1, -0.05) is 38.5 Å². The molecule has 2 unspecified atom stereocenters. The second kappa shape index (κ2) is 6.14. The van der Waals surface area contributed by atoms with E-state index in [0.717, 1.165) is 31.4 Å². The van der Waals surface area contributed by atoms with Crippen molar-refractivity contribution in [2.24, 2.45) is 11.8 Å². The summed E-state index contributed by atoms with van der Waals surface area (Å²) in [6.45, 7) is 5.70. The molecule has 2 nitrogen and oxygen atoms in total. The molecule has 98 valence electrons. The van der Waals surface area contributed by atoms with E-state index in [9.17, 15) is 4.79 Å². The van der Waals surface area contributed by atoms with Gasteiger partial charge < -0.3 is 4.74 Å². The van der Waals surface area contributed by atoms with E-state index in [1.54, 1.807) is 0 Å². The molecule has 0 spiro atoms. The molecule has 0 aliphatic carbocycles. The summed E-state index contributed by atoms with van der Waals surface area (Å²) < 4.78 is 5.41. The van der Waals surface area contributed by atoms with Crippen molar-refractivity contribution in [3.05, 3.63) is 35.4 Å². The molecule has 18 heavy (non-hydrogen) atoms. The monoisotopic (exact) mass is 246 g/mol. The zero-order valence-corrected chi connectivity index (χ0v) is 11.3. The second-order valence-electron chi connectivity index (χ2n) is 5.26. The van der Waals surface area contributed by atoms with Crippen LogP contribution in [0.4, 0.5) is 0 Å². The van der Waals surface area contributed by atoms with Crippen molar-refractivity contribution < 1.29 is 9.53 Å². The molecule has 2 rings (SSSR count). The SMILES string of the molecule is CCCc1cccc(C(=O)C2CCOCC2C)c1. The molecular formula is C16H22O2. The largest absolute Gasteiger partial charge is 0.381 e. The van der Waals surface area contributed by atoms with E-state index in [1.165, 1.54) is 5.56 Å². The predicted molar refractivity (Wildman–Crippen MR) is 72.9 cm³/mol. The first-order valence-corrected chi connectivity index (χ1v) is 6.93. The topological polar surface area (TPSA) is 26.3 Å². The summed E-state index contributed by atoms with van der Waals surface area (Å²) in [6.07, 6.45) is 3.02. The molecule has 1 heterocycles. The lowest BCUT2D eigenvalue weighted by atomic mass is 9.83. The minimum absolute atomic E-state index is 0.135. The molecule has 0 N–H and O–H groups in total. The van der Waals surface area contributed by atoms with Crippen LogP contribution in [0.5, 0.6) is 0 Å². The van der Waals surface area contributed by atoms with Gasteiger partial charge in [0.25, 0.3) is 0 Å². The normalized spacial score (nSPS) is 23.9. The summed E-state index contributed by atoms with van der Waals surface area (Å²) in [5, 5.41) is 0. The van der Waals surface area contributed by atoms with Crippen LogP contribution in [-0.4, -0.2) is 19.0 Å². The van der Waals surface area contributed by atoms with Crippen molar-refractivity contribution in [2.45, 2.75) is 33.1 Å². The number of carbonyl (C=O) groups excluding carboxylic acids is 1. The van der Waals surface area contributed by atoms with Crippen LogP contribution in [0.1, 0.15) is 42.6 Å². The average Bonchev–Trinajstić information content (AvgIpc) is 2.39. The third kappa shape index (κ3) is 2.99. The van der Waals surface area contributed by atoms with Crippen LogP contribution in [0, 0.1) is 11.8 Å². The first-order valence-electron chi connectivity index (χ1n) is 6.93. The van der Waals surface area contributed by atoms with Gasteiger partial charge in [-0.15, -0.1) is 0 Å². The second-order valence-corrected chi connectivity index (χ2v) is 5.26. The van der Waals surface area contributed by atoms with Gasteiger partial charge >= 0.3 is 0 Å². The Kier molecular flexibility index (Phi) is 4.54. The third-order valence-electron chi connectivity index (χ3n) is 3.73. The van der Waals surface area contributed by atoms with Gasteiger partial charge in [-0.3, -0.25) is 4.79 Å². The van der Waals surface area contributed by atoms with Crippen LogP contribution in [0.15, 0.2) is 24.3 Å². The smallest absolute Gasteiger partial charge is 0.166 e. The molecule has 2 atom stereocenters. The highest BCUT2D eigenvalue weighted by molar-refractivity contribution is 5.98. The van der Waals surface area contributed by atoms with Gasteiger partial charge in [0, 0.05) is 24.7 Å². The minimum atomic E-state index is 0.135. The van der Waals surface area contributed by atoms with Crippen molar-refractivity contribution in [3.8, 4) is 0 Å². The predicted octanol–water partition coefficient (Wildman–Crippen LogP) is 3.49. The fourth-order valence-corrected chi connectivity index (χ4v) is 2.65. The lowest BCUT2D eigenvalue weighted by molar-refractivity contribution is 0.0241. The van der Waals surface area contributed by atoms with E-state index in [2.05, 4.69) is 26.0 Å². The Balaban J connectivity index is 2.14. The molecule has 0 aromatic heterocycles. The number of hydrogen-bond donors (Lipinski definition) is 0. The van der Waals surface area contributed by atoms with Crippen molar-refractivity contribution in [1.29, 1.82) is 0 Å². The Morgan fingerprint density at radius 2 is 2.28 bits per heavy atom. The Bertz CT molecular complexity index is 411. The van der Waals surface area contributed by atoms with Gasteiger partial charge in [0.15, 0.2) is 5.78 Å². The quantitative estimate of drug-likeness (QED) is 0.760. The maximum absolute atomic E-state index is 12.5. The van der Waals surface area contributed by atoms with Crippen LogP contribution in [0.2, 0.25) is 0 Å². The molecule has 0 bridgehead atoms. The molecule has 1 fully saturated rings. The first-order chi connectivity index (χ1) is 8.72. The van der Waals surface area contributed by atoms with Crippen molar-refractivity contribution in [3.63, 3.8) is 0 Å². The molecule has 0 amide bonds. The number of hydrogen-bond acceptors (Lipinski definition) is 2. The van der Waals surface area contributed by atoms with Crippen LogP contribution in [0.3, 0.4) is 0 Å². The standard InChI is InChI=1S/C16H22O2/c1-3-5-13-6-4-7-14(10-13)16(17)15-8-9-18-11-12(15)2/h4,6-7,10,12,15H,3,5,8-9,11H2,1-2H3. The van der Waals surface area contributed by atoms with Crippen LogP contribution in [0.25, 0.3) is 0 Å². The van der Waals surface area contributed by atoms with E-state index in [4.69, 9.17) is 4.74 Å². The molecule has 0 saturated carbocycles. The number of rotatable bonds is 4. The highest BCUT2D eigenvalue weighted by atomic mass is 16.5. The van der Waals surface area contributed by atoms with Crippen molar-refractivity contribution >= 4 is 5.78 Å². The van der Waals surface area contributed by atoms with Crippen molar-refractivity contribution in [1.82, 2.24) is 0 Å². The number of ether oxygens (including phenoxy) is 1. The molecule has 2 heteroatoms. The fraction of sp³-hybridized carbons (Fsp3) is 0.562. The van der Waals surface area contributed by atoms with Crippen molar-refractivity contribution in [2.75, 3.05) is 13.2 Å². The lowest BCUT2D eigenvalue weighted by Gasteiger charge is -2.27. The van der Waals surface area contributed by atoms with E-state index < -0.39 is 0 Å². The van der Waals surface area contributed by atoms with Crippen LogP contribution < -0.4 is 0 Å².